The van der Waals surface area contributed by atoms with Gasteiger partial charge in [-0.25, -0.2) is 9.97 Å². The van der Waals surface area contributed by atoms with Crippen molar-refractivity contribution in [3.8, 4) is 5.75 Å². The van der Waals surface area contributed by atoms with Gasteiger partial charge in [0, 0.05) is 12.1 Å². The van der Waals surface area contributed by atoms with Crippen LogP contribution in [0.2, 0.25) is 5.15 Å². The third-order valence-electron chi connectivity index (χ3n) is 2.76. The maximum Gasteiger partial charge on any atom is 0.143 e. The smallest absolute Gasteiger partial charge is 0.143 e. The molecule has 0 fully saturated rings. The number of methoxy groups -OCH3 is 1. The van der Waals surface area contributed by atoms with Crippen LogP contribution in [0, 0.1) is 0 Å². The summed E-state index contributed by atoms with van der Waals surface area (Å²) in [6, 6.07) is 7.73. The molecule has 0 amide bonds. The summed E-state index contributed by atoms with van der Waals surface area (Å²) in [6.07, 6.45) is 2.85. The number of benzene rings is 1. The molecule has 1 heterocycles. The molecule has 0 spiro atoms. The van der Waals surface area contributed by atoms with Crippen LogP contribution in [0.3, 0.4) is 0 Å². The van der Waals surface area contributed by atoms with E-state index in [0.717, 1.165) is 11.3 Å². The minimum atomic E-state index is 0.299. The maximum atomic E-state index is 6.04. The van der Waals surface area contributed by atoms with Gasteiger partial charge in [-0.3, -0.25) is 0 Å². The van der Waals surface area contributed by atoms with Crippen LogP contribution in [0.4, 0.5) is 5.82 Å². The lowest BCUT2D eigenvalue weighted by Gasteiger charge is -2.11. The van der Waals surface area contributed by atoms with E-state index < -0.39 is 0 Å². The lowest BCUT2D eigenvalue weighted by molar-refractivity contribution is 0.215. The molecular weight excluding hydrogens is 292 g/mol. The molecule has 1 aromatic carbocycles. The molecule has 21 heavy (non-hydrogen) atoms. The second kappa shape index (κ2) is 7.44. The summed E-state index contributed by atoms with van der Waals surface area (Å²) in [7, 11) is 3.09. The maximum absolute atomic E-state index is 6.04. The standard InChI is InChI=1S/C14H15ClN4O2/c1-20-12-6-4-3-5-10(12)7-16-14-11(8-19-21-2)13(15)17-9-18-14/h3-6,8-9H,7H2,1-2H3,(H,16,17,18)/b19-8+. The van der Waals surface area contributed by atoms with Gasteiger partial charge in [-0.2, -0.15) is 0 Å². The SMILES string of the molecule is CO/N=C/c1c(Cl)ncnc1NCc1ccccc1OC. The fraction of sp³-hybridized carbons (Fsp3) is 0.214. The summed E-state index contributed by atoms with van der Waals surface area (Å²) in [4.78, 5) is 12.8. The van der Waals surface area contributed by atoms with Crippen LogP contribution < -0.4 is 10.1 Å². The van der Waals surface area contributed by atoms with Crippen molar-refractivity contribution in [3.63, 3.8) is 0 Å². The van der Waals surface area contributed by atoms with Crippen molar-refractivity contribution in [1.82, 2.24) is 9.97 Å². The van der Waals surface area contributed by atoms with Gasteiger partial charge < -0.3 is 14.9 Å². The fourth-order valence-electron chi connectivity index (χ4n) is 1.76. The van der Waals surface area contributed by atoms with Crippen LogP contribution in [0.1, 0.15) is 11.1 Å². The summed E-state index contributed by atoms with van der Waals surface area (Å²) >= 11 is 6.04. The number of rotatable bonds is 6. The highest BCUT2D eigenvalue weighted by molar-refractivity contribution is 6.32. The number of para-hydroxylation sites is 1. The lowest BCUT2D eigenvalue weighted by atomic mass is 10.2. The largest absolute Gasteiger partial charge is 0.496 e. The highest BCUT2D eigenvalue weighted by Gasteiger charge is 2.09. The minimum absolute atomic E-state index is 0.299. The van der Waals surface area contributed by atoms with Crippen molar-refractivity contribution in [2.45, 2.75) is 6.54 Å². The van der Waals surface area contributed by atoms with Gasteiger partial charge in [0.1, 0.15) is 30.2 Å². The summed E-state index contributed by atoms with van der Waals surface area (Å²) in [6.45, 7) is 0.533. The molecule has 0 aliphatic rings. The Morgan fingerprint density at radius 1 is 1.29 bits per heavy atom. The van der Waals surface area contributed by atoms with E-state index in [1.54, 1.807) is 7.11 Å². The number of oxime groups is 1. The van der Waals surface area contributed by atoms with Gasteiger partial charge in [0.2, 0.25) is 0 Å². The number of nitrogens with zero attached hydrogens (tertiary/aromatic N) is 3. The average molecular weight is 307 g/mol. The number of anilines is 1. The normalized spacial score (nSPS) is 10.6. The Kier molecular flexibility index (Phi) is 5.34. The van der Waals surface area contributed by atoms with Crippen LogP contribution in [-0.2, 0) is 11.4 Å². The number of ether oxygens (including phenoxy) is 1. The molecule has 0 radical (unpaired) electrons. The molecular formula is C14H15ClN4O2. The van der Waals surface area contributed by atoms with E-state index in [-0.39, 0.29) is 0 Å². The summed E-state index contributed by atoms with van der Waals surface area (Å²) in [5.74, 6) is 1.37. The van der Waals surface area contributed by atoms with E-state index in [9.17, 15) is 0 Å². The van der Waals surface area contributed by atoms with Crippen LogP contribution in [0.15, 0.2) is 35.7 Å². The first-order valence-corrected chi connectivity index (χ1v) is 6.57. The second-order valence-electron chi connectivity index (χ2n) is 4.01. The van der Waals surface area contributed by atoms with Gasteiger partial charge in [-0.15, -0.1) is 0 Å². The first-order chi connectivity index (χ1) is 10.3. The lowest BCUT2D eigenvalue weighted by Crippen LogP contribution is -2.07. The van der Waals surface area contributed by atoms with Crippen molar-refractivity contribution in [2.75, 3.05) is 19.5 Å². The van der Waals surface area contributed by atoms with Crippen molar-refractivity contribution in [1.29, 1.82) is 0 Å². The zero-order valence-electron chi connectivity index (χ0n) is 11.7. The van der Waals surface area contributed by atoms with Gasteiger partial charge in [-0.05, 0) is 6.07 Å². The van der Waals surface area contributed by atoms with Crippen LogP contribution in [0.25, 0.3) is 0 Å². The molecule has 110 valence electrons. The summed E-state index contributed by atoms with van der Waals surface area (Å²) < 4.78 is 5.31. The Morgan fingerprint density at radius 2 is 2.10 bits per heavy atom. The number of nitrogens with one attached hydrogen (secondary N) is 1. The number of hydrogen-bond donors (Lipinski definition) is 1. The molecule has 0 bridgehead atoms. The predicted octanol–water partition coefficient (Wildman–Crippen LogP) is 2.73. The van der Waals surface area contributed by atoms with Gasteiger partial charge in [0.05, 0.1) is 18.9 Å². The number of hydrogen-bond acceptors (Lipinski definition) is 6. The molecule has 2 aromatic rings. The summed E-state index contributed by atoms with van der Waals surface area (Å²) in [5.41, 5.74) is 1.57. The predicted molar refractivity (Wildman–Crippen MR) is 82.0 cm³/mol. The molecule has 1 N–H and O–H groups in total. The molecule has 6 nitrogen and oxygen atoms in total. The van der Waals surface area contributed by atoms with Gasteiger partial charge in [-0.1, -0.05) is 35.0 Å². The zero-order valence-corrected chi connectivity index (χ0v) is 12.5. The molecule has 7 heteroatoms. The van der Waals surface area contributed by atoms with Crippen molar-refractivity contribution >= 4 is 23.6 Å². The fourth-order valence-corrected chi connectivity index (χ4v) is 1.94. The Balaban J connectivity index is 2.20. The van der Waals surface area contributed by atoms with E-state index in [0.29, 0.717) is 23.1 Å². The number of aromatic nitrogens is 2. The van der Waals surface area contributed by atoms with Gasteiger partial charge in [0.25, 0.3) is 0 Å². The Labute approximate surface area is 127 Å². The Bertz CT molecular complexity index is 634. The molecule has 0 aliphatic heterocycles. The highest BCUT2D eigenvalue weighted by Crippen LogP contribution is 2.21. The first kappa shape index (κ1) is 15.1. The molecule has 0 aliphatic carbocycles. The Morgan fingerprint density at radius 3 is 2.86 bits per heavy atom. The highest BCUT2D eigenvalue weighted by atomic mass is 35.5. The van der Waals surface area contributed by atoms with Crippen molar-refractivity contribution < 1.29 is 9.57 Å². The molecule has 0 saturated carbocycles. The molecule has 0 unspecified atom stereocenters. The second-order valence-corrected chi connectivity index (χ2v) is 4.37. The monoisotopic (exact) mass is 306 g/mol. The minimum Gasteiger partial charge on any atom is -0.496 e. The zero-order chi connectivity index (χ0) is 15.1. The van der Waals surface area contributed by atoms with E-state index in [1.165, 1.54) is 19.7 Å². The Hall–Kier alpha value is -2.34. The van der Waals surface area contributed by atoms with Crippen molar-refractivity contribution in [3.05, 3.63) is 46.9 Å². The topological polar surface area (TPSA) is 68.6 Å². The average Bonchev–Trinajstić information content (AvgIpc) is 2.52. The molecule has 0 saturated heterocycles. The van der Waals surface area contributed by atoms with Crippen LogP contribution in [-0.4, -0.2) is 30.4 Å². The van der Waals surface area contributed by atoms with E-state index in [2.05, 4.69) is 25.3 Å². The quantitative estimate of drug-likeness (QED) is 0.505. The van der Waals surface area contributed by atoms with Crippen LogP contribution >= 0.6 is 11.6 Å². The third-order valence-corrected chi connectivity index (χ3v) is 3.06. The van der Waals surface area contributed by atoms with Gasteiger partial charge in [0.15, 0.2) is 0 Å². The summed E-state index contributed by atoms with van der Waals surface area (Å²) in [5, 5.41) is 7.19. The van der Waals surface area contributed by atoms with Gasteiger partial charge >= 0.3 is 0 Å². The van der Waals surface area contributed by atoms with E-state index >= 15 is 0 Å². The van der Waals surface area contributed by atoms with E-state index in [4.69, 9.17) is 16.3 Å². The van der Waals surface area contributed by atoms with E-state index in [1.807, 2.05) is 24.3 Å². The van der Waals surface area contributed by atoms with Crippen molar-refractivity contribution in [2.24, 2.45) is 5.16 Å². The molecule has 1 aromatic heterocycles. The number of halogens is 1. The molecule has 2 rings (SSSR count). The first-order valence-electron chi connectivity index (χ1n) is 6.19. The van der Waals surface area contributed by atoms with Crippen LogP contribution in [0.5, 0.6) is 5.75 Å². The third kappa shape index (κ3) is 3.82. The molecule has 0 atom stereocenters.